The van der Waals surface area contributed by atoms with Crippen LogP contribution in [-0.4, -0.2) is 26.9 Å². The zero-order valence-electron chi connectivity index (χ0n) is 9.38. The number of halogens is 3. The fraction of sp³-hybridized carbons (Fsp3) is 0.600. The molecule has 1 aliphatic rings. The van der Waals surface area contributed by atoms with E-state index >= 15 is 0 Å². The van der Waals surface area contributed by atoms with Gasteiger partial charge in [0.2, 0.25) is 5.91 Å². The number of H-pyrrole nitrogens is 1. The van der Waals surface area contributed by atoms with E-state index in [-0.39, 0.29) is 23.5 Å². The molecule has 1 aromatic rings. The quantitative estimate of drug-likeness (QED) is 0.889. The van der Waals surface area contributed by atoms with Crippen LogP contribution >= 0.6 is 11.8 Å². The van der Waals surface area contributed by atoms with Crippen molar-refractivity contribution in [2.24, 2.45) is 0 Å². The summed E-state index contributed by atoms with van der Waals surface area (Å²) in [4.78, 5) is 17.4. The Morgan fingerprint density at radius 3 is 2.94 bits per heavy atom. The lowest BCUT2D eigenvalue weighted by molar-refractivity contribution is -0.140. The summed E-state index contributed by atoms with van der Waals surface area (Å²) < 4.78 is 36.9. The maximum absolute atomic E-state index is 12.3. The van der Waals surface area contributed by atoms with Crippen LogP contribution in [0.1, 0.15) is 24.4 Å². The molecule has 0 aromatic carbocycles. The van der Waals surface area contributed by atoms with Crippen LogP contribution < -0.4 is 5.32 Å². The van der Waals surface area contributed by atoms with Crippen LogP contribution in [0.25, 0.3) is 0 Å². The molecule has 1 amide bonds. The molecule has 4 nitrogen and oxygen atoms in total. The SMILES string of the molecule is O=C(NCc1ncc(C(F)(F)F)[nH]1)C1CCCS1. The Kier molecular flexibility index (Phi) is 3.84. The van der Waals surface area contributed by atoms with Gasteiger partial charge >= 0.3 is 6.18 Å². The summed E-state index contributed by atoms with van der Waals surface area (Å²) in [5.41, 5.74) is -0.901. The zero-order chi connectivity index (χ0) is 13.2. The van der Waals surface area contributed by atoms with Crippen LogP contribution in [0.15, 0.2) is 6.20 Å². The fourth-order valence-electron chi connectivity index (χ4n) is 1.67. The number of amides is 1. The van der Waals surface area contributed by atoms with Gasteiger partial charge in [-0.2, -0.15) is 13.2 Å². The van der Waals surface area contributed by atoms with Crippen LogP contribution in [-0.2, 0) is 17.5 Å². The number of thioether (sulfide) groups is 1. The van der Waals surface area contributed by atoms with E-state index in [0.717, 1.165) is 24.8 Å². The number of imidazole rings is 1. The molecule has 0 spiro atoms. The molecule has 0 bridgehead atoms. The lowest BCUT2D eigenvalue weighted by Crippen LogP contribution is -2.31. The maximum Gasteiger partial charge on any atom is 0.432 e. The molecule has 1 atom stereocenters. The first-order valence-corrected chi connectivity index (χ1v) is 6.52. The maximum atomic E-state index is 12.3. The molecule has 1 aliphatic heterocycles. The van der Waals surface area contributed by atoms with Gasteiger partial charge in [-0.15, -0.1) is 11.8 Å². The highest BCUT2D eigenvalue weighted by molar-refractivity contribution is 8.00. The van der Waals surface area contributed by atoms with Gasteiger partial charge in [-0.3, -0.25) is 4.79 Å². The van der Waals surface area contributed by atoms with Crippen molar-refractivity contribution in [1.82, 2.24) is 15.3 Å². The van der Waals surface area contributed by atoms with E-state index < -0.39 is 11.9 Å². The standard InChI is InChI=1S/C10H12F3N3OS/c11-10(12,13)7-4-14-8(16-7)5-15-9(17)6-2-1-3-18-6/h4,6H,1-3,5H2,(H,14,16)(H,15,17). The average Bonchev–Trinajstić information content (AvgIpc) is 2.96. The molecule has 8 heteroatoms. The number of rotatable bonds is 3. The largest absolute Gasteiger partial charge is 0.432 e. The van der Waals surface area contributed by atoms with Gasteiger partial charge in [0.1, 0.15) is 11.5 Å². The summed E-state index contributed by atoms with van der Waals surface area (Å²) in [5, 5.41) is 2.50. The number of hydrogen-bond donors (Lipinski definition) is 2. The first-order valence-electron chi connectivity index (χ1n) is 5.47. The molecule has 18 heavy (non-hydrogen) atoms. The van der Waals surface area contributed by atoms with E-state index in [9.17, 15) is 18.0 Å². The molecule has 0 radical (unpaired) electrons. The molecule has 1 fully saturated rings. The van der Waals surface area contributed by atoms with Crippen molar-refractivity contribution in [3.05, 3.63) is 17.7 Å². The number of aromatic nitrogens is 2. The number of nitrogens with zero attached hydrogens (tertiary/aromatic N) is 1. The molecule has 1 unspecified atom stereocenters. The van der Waals surface area contributed by atoms with Crippen molar-refractivity contribution in [1.29, 1.82) is 0 Å². The minimum absolute atomic E-state index is 0.00796. The molecule has 0 saturated carbocycles. The summed E-state index contributed by atoms with van der Waals surface area (Å²) >= 11 is 1.57. The first-order chi connectivity index (χ1) is 8.47. The van der Waals surface area contributed by atoms with Crippen molar-refractivity contribution in [2.75, 3.05) is 5.75 Å². The summed E-state index contributed by atoms with van der Waals surface area (Å²) in [7, 11) is 0. The van der Waals surface area contributed by atoms with Crippen LogP contribution in [0.5, 0.6) is 0 Å². The normalized spacial score (nSPS) is 20.1. The summed E-state index contributed by atoms with van der Waals surface area (Å²) in [6.07, 6.45) is -1.88. The Morgan fingerprint density at radius 1 is 1.61 bits per heavy atom. The van der Waals surface area contributed by atoms with Gasteiger partial charge in [0.05, 0.1) is 18.0 Å². The highest BCUT2D eigenvalue weighted by atomic mass is 32.2. The van der Waals surface area contributed by atoms with E-state index in [1.165, 1.54) is 0 Å². The Hall–Kier alpha value is -1.18. The third-order valence-electron chi connectivity index (χ3n) is 2.59. The van der Waals surface area contributed by atoms with E-state index in [1.54, 1.807) is 11.8 Å². The second-order valence-corrected chi connectivity index (χ2v) is 5.27. The van der Waals surface area contributed by atoms with Gasteiger partial charge in [0, 0.05) is 0 Å². The topological polar surface area (TPSA) is 57.8 Å². The molecule has 2 rings (SSSR count). The average molecular weight is 279 g/mol. The molecular weight excluding hydrogens is 267 g/mol. The molecular formula is C10H12F3N3OS. The summed E-state index contributed by atoms with van der Waals surface area (Å²) in [6.45, 7) is -0.00796. The molecule has 2 heterocycles. The third kappa shape index (κ3) is 3.18. The number of aromatic amines is 1. The second kappa shape index (κ2) is 5.21. The Morgan fingerprint density at radius 2 is 2.39 bits per heavy atom. The van der Waals surface area contributed by atoms with Crippen LogP contribution in [0.3, 0.4) is 0 Å². The van der Waals surface area contributed by atoms with Gasteiger partial charge in [0.15, 0.2) is 0 Å². The van der Waals surface area contributed by atoms with Crippen LogP contribution in [0, 0.1) is 0 Å². The predicted octanol–water partition coefficient (Wildman–Crippen LogP) is 1.94. The Labute approximate surface area is 106 Å². The van der Waals surface area contributed by atoms with Gasteiger partial charge in [-0.25, -0.2) is 4.98 Å². The zero-order valence-corrected chi connectivity index (χ0v) is 10.2. The van der Waals surface area contributed by atoms with Gasteiger partial charge < -0.3 is 10.3 Å². The number of alkyl halides is 3. The van der Waals surface area contributed by atoms with E-state index in [2.05, 4.69) is 15.3 Å². The number of nitrogens with one attached hydrogen (secondary N) is 2. The molecule has 0 aliphatic carbocycles. The summed E-state index contributed by atoms with van der Waals surface area (Å²) in [6, 6.07) is 0. The van der Waals surface area contributed by atoms with Crippen molar-refractivity contribution >= 4 is 17.7 Å². The number of hydrogen-bond acceptors (Lipinski definition) is 3. The predicted molar refractivity (Wildman–Crippen MR) is 60.9 cm³/mol. The van der Waals surface area contributed by atoms with E-state index in [4.69, 9.17) is 0 Å². The van der Waals surface area contributed by atoms with Gasteiger partial charge in [-0.1, -0.05) is 0 Å². The van der Waals surface area contributed by atoms with E-state index in [0.29, 0.717) is 0 Å². The monoisotopic (exact) mass is 279 g/mol. The number of carbonyl (C=O) groups excluding carboxylic acids is 1. The van der Waals surface area contributed by atoms with Crippen LogP contribution in [0.4, 0.5) is 13.2 Å². The highest BCUT2D eigenvalue weighted by Gasteiger charge is 2.33. The minimum Gasteiger partial charge on any atom is -0.348 e. The fourth-order valence-corrected chi connectivity index (χ4v) is 2.85. The number of carbonyl (C=O) groups is 1. The second-order valence-electron chi connectivity index (χ2n) is 3.96. The first kappa shape index (κ1) is 13.3. The van der Waals surface area contributed by atoms with Crippen molar-refractivity contribution in [3.63, 3.8) is 0 Å². The lowest BCUT2D eigenvalue weighted by Gasteiger charge is -2.08. The lowest BCUT2D eigenvalue weighted by atomic mass is 10.2. The van der Waals surface area contributed by atoms with E-state index in [1.807, 2.05) is 0 Å². The Balaban J connectivity index is 1.86. The third-order valence-corrected chi connectivity index (χ3v) is 3.96. The minimum atomic E-state index is -4.43. The van der Waals surface area contributed by atoms with Gasteiger partial charge in [0.25, 0.3) is 0 Å². The Bertz CT molecular complexity index is 426. The smallest absolute Gasteiger partial charge is 0.348 e. The summed E-state index contributed by atoms with van der Waals surface area (Å²) in [5.74, 6) is 0.929. The van der Waals surface area contributed by atoms with Crippen molar-refractivity contribution in [3.8, 4) is 0 Å². The van der Waals surface area contributed by atoms with Crippen LogP contribution in [0.2, 0.25) is 0 Å². The van der Waals surface area contributed by atoms with Gasteiger partial charge in [-0.05, 0) is 18.6 Å². The highest BCUT2D eigenvalue weighted by Crippen LogP contribution is 2.27. The van der Waals surface area contributed by atoms with Crippen molar-refractivity contribution < 1.29 is 18.0 Å². The molecule has 1 aromatic heterocycles. The van der Waals surface area contributed by atoms with Crippen molar-refractivity contribution in [2.45, 2.75) is 30.8 Å². The molecule has 100 valence electrons. The molecule has 1 saturated heterocycles. The molecule has 2 N–H and O–H groups in total.